The summed E-state index contributed by atoms with van der Waals surface area (Å²) in [7, 11) is -2.12. The van der Waals surface area contributed by atoms with E-state index >= 15 is 0 Å². The highest BCUT2D eigenvalue weighted by Gasteiger charge is 2.28. The van der Waals surface area contributed by atoms with E-state index in [1.54, 1.807) is 24.3 Å². The smallest absolute Gasteiger partial charge is 0.240 e. The first-order valence-electron chi connectivity index (χ1n) is 8.25. The lowest BCUT2D eigenvalue weighted by atomic mass is 9.91. The van der Waals surface area contributed by atoms with Crippen LogP contribution in [0.4, 0.5) is 0 Å². The van der Waals surface area contributed by atoms with Crippen LogP contribution >= 0.6 is 0 Å². The number of aromatic nitrogens is 2. The second-order valence-corrected chi connectivity index (χ2v) is 8.07. The number of rotatable bonds is 3. The molecule has 7 nitrogen and oxygen atoms in total. The Morgan fingerprint density at radius 2 is 1.96 bits per heavy atom. The van der Waals surface area contributed by atoms with Crippen molar-refractivity contribution >= 4 is 21.6 Å². The first-order chi connectivity index (χ1) is 12.5. The van der Waals surface area contributed by atoms with Gasteiger partial charge in [0.2, 0.25) is 15.9 Å². The first-order valence-corrected chi connectivity index (χ1v) is 9.74. The molecule has 3 heterocycles. The van der Waals surface area contributed by atoms with Gasteiger partial charge in [0.1, 0.15) is 5.65 Å². The Hall–Kier alpha value is -2.71. The molecule has 2 aromatic heterocycles. The van der Waals surface area contributed by atoms with Crippen LogP contribution in [-0.4, -0.2) is 30.8 Å². The highest BCUT2D eigenvalue weighted by atomic mass is 32.2. The van der Waals surface area contributed by atoms with Crippen LogP contribution in [0.5, 0.6) is 0 Å². The monoisotopic (exact) mass is 370 g/mol. The first kappa shape index (κ1) is 16.7. The van der Waals surface area contributed by atoms with E-state index < -0.39 is 10.0 Å². The van der Waals surface area contributed by atoms with Crippen LogP contribution in [-0.2, 0) is 21.4 Å². The van der Waals surface area contributed by atoms with Crippen LogP contribution in [0.3, 0.4) is 0 Å². The van der Waals surface area contributed by atoms with Gasteiger partial charge in [0, 0.05) is 18.5 Å². The van der Waals surface area contributed by atoms with E-state index in [4.69, 9.17) is 0 Å². The van der Waals surface area contributed by atoms with Crippen molar-refractivity contribution in [2.75, 3.05) is 7.05 Å². The number of hydrogen-bond donors (Lipinski definition) is 2. The molecule has 0 radical (unpaired) electrons. The Labute approximate surface area is 151 Å². The van der Waals surface area contributed by atoms with Crippen LogP contribution in [0, 0.1) is 0 Å². The lowest BCUT2D eigenvalue weighted by molar-refractivity contribution is -0.121. The minimum absolute atomic E-state index is 0.0513. The number of sulfonamides is 1. The van der Waals surface area contributed by atoms with Gasteiger partial charge in [-0.25, -0.2) is 18.1 Å². The van der Waals surface area contributed by atoms with Gasteiger partial charge in [-0.3, -0.25) is 4.79 Å². The number of carbonyl (C=O) groups excluding carboxylic acids is 1. The Morgan fingerprint density at radius 1 is 1.19 bits per heavy atom. The fourth-order valence-corrected chi connectivity index (χ4v) is 4.10. The van der Waals surface area contributed by atoms with Gasteiger partial charge in [0.05, 0.1) is 22.8 Å². The Bertz CT molecular complexity index is 1090. The highest BCUT2D eigenvalue weighted by molar-refractivity contribution is 7.89. The molecule has 26 heavy (non-hydrogen) atoms. The largest absolute Gasteiger partial charge is 0.350 e. The maximum atomic E-state index is 12.2. The third-order valence-electron chi connectivity index (χ3n) is 4.68. The summed E-state index contributed by atoms with van der Waals surface area (Å²) < 4.78 is 28.2. The minimum atomic E-state index is -3.49. The van der Waals surface area contributed by atoms with E-state index in [1.165, 1.54) is 7.05 Å². The van der Waals surface area contributed by atoms with Gasteiger partial charge in [0.25, 0.3) is 0 Å². The lowest BCUT2D eigenvalue weighted by Gasteiger charge is -2.16. The zero-order chi connectivity index (χ0) is 18.3. The molecule has 1 aromatic carbocycles. The normalized spacial score (nSPS) is 17.6. The van der Waals surface area contributed by atoms with Crippen LogP contribution in [0.2, 0.25) is 0 Å². The number of nitrogens with zero attached hydrogens (tertiary/aromatic N) is 2. The predicted octanol–water partition coefficient (Wildman–Crippen LogP) is 1.39. The summed E-state index contributed by atoms with van der Waals surface area (Å²) in [5.74, 6) is -0.249. The Morgan fingerprint density at radius 3 is 2.69 bits per heavy atom. The van der Waals surface area contributed by atoms with Crippen molar-refractivity contribution in [1.82, 2.24) is 19.4 Å². The molecule has 3 aromatic rings. The van der Waals surface area contributed by atoms with Crippen molar-refractivity contribution < 1.29 is 13.2 Å². The summed E-state index contributed by atoms with van der Waals surface area (Å²) in [5.41, 5.74) is 3.50. The Balaban J connectivity index is 1.84. The molecule has 0 fully saturated rings. The number of hydrogen-bond acceptors (Lipinski definition) is 4. The third-order valence-corrected chi connectivity index (χ3v) is 6.11. The van der Waals surface area contributed by atoms with E-state index in [9.17, 15) is 13.2 Å². The van der Waals surface area contributed by atoms with Crippen molar-refractivity contribution in [1.29, 1.82) is 0 Å². The maximum absolute atomic E-state index is 12.2. The highest BCUT2D eigenvalue weighted by Crippen LogP contribution is 2.33. The summed E-state index contributed by atoms with van der Waals surface area (Å²) >= 11 is 0. The van der Waals surface area contributed by atoms with Gasteiger partial charge in [-0.15, -0.1) is 0 Å². The summed E-state index contributed by atoms with van der Waals surface area (Å²) in [6, 6.07) is 12.4. The predicted molar refractivity (Wildman–Crippen MR) is 96.2 cm³/mol. The minimum Gasteiger partial charge on any atom is -0.350 e. The number of pyridine rings is 1. The topological polar surface area (TPSA) is 92.6 Å². The van der Waals surface area contributed by atoms with E-state index in [0.717, 1.165) is 22.6 Å². The SMILES string of the molecule is CNS(=O)(=O)c1ccc([C@H]2CC(=O)NCc3nc4ccccn4c32)cc1. The van der Waals surface area contributed by atoms with E-state index in [2.05, 4.69) is 15.0 Å². The van der Waals surface area contributed by atoms with Gasteiger partial charge in [-0.2, -0.15) is 0 Å². The molecule has 1 aliphatic rings. The number of amides is 1. The van der Waals surface area contributed by atoms with Gasteiger partial charge in [-0.1, -0.05) is 18.2 Å². The van der Waals surface area contributed by atoms with Crippen LogP contribution in [0.25, 0.3) is 5.65 Å². The molecule has 0 saturated heterocycles. The fraction of sp³-hybridized carbons (Fsp3) is 0.222. The van der Waals surface area contributed by atoms with Gasteiger partial charge in [0.15, 0.2) is 0 Å². The second kappa shape index (κ2) is 6.22. The molecule has 0 spiro atoms. The third kappa shape index (κ3) is 2.77. The molecule has 8 heteroatoms. The van der Waals surface area contributed by atoms with Crippen LogP contribution in [0.1, 0.15) is 29.3 Å². The average molecular weight is 370 g/mol. The van der Waals surface area contributed by atoms with Crippen molar-refractivity contribution in [3.05, 3.63) is 65.6 Å². The number of benzene rings is 1. The van der Waals surface area contributed by atoms with E-state index in [0.29, 0.717) is 6.54 Å². The van der Waals surface area contributed by atoms with E-state index in [1.807, 2.05) is 28.8 Å². The van der Waals surface area contributed by atoms with Crippen LogP contribution < -0.4 is 10.0 Å². The molecule has 4 rings (SSSR count). The number of nitrogens with one attached hydrogen (secondary N) is 2. The summed E-state index contributed by atoms with van der Waals surface area (Å²) in [6.45, 7) is 0.387. The van der Waals surface area contributed by atoms with Gasteiger partial charge < -0.3 is 9.72 Å². The molecule has 2 N–H and O–H groups in total. The molecule has 0 bridgehead atoms. The van der Waals surface area contributed by atoms with Crippen LogP contribution in [0.15, 0.2) is 53.6 Å². The van der Waals surface area contributed by atoms with Gasteiger partial charge >= 0.3 is 0 Å². The molecule has 1 amide bonds. The van der Waals surface area contributed by atoms with Crippen molar-refractivity contribution in [2.24, 2.45) is 0 Å². The number of imidazole rings is 1. The zero-order valence-electron chi connectivity index (χ0n) is 14.1. The molecule has 0 saturated carbocycles. The number of fused-ring (bicyclic) bond motifs is 3. The Kier molecular flexibility index (Phi) is 4.01. The lowest BCUT2D eigenvalue weighted by Crippen LogP contribution is -2.21. The van der Waals surface area contributed by atoms with E-state index in [-0.39, 0.29) is 23.1 Å². The van der Waals surface area contributed by atoms with Gasteiger partial charge in [-0.05, 0) is 36.9 Å². The standard InChI is InChI=1S/C18H18N4O3S/c1-19-26(24,25)13-7-5-12(6-8-13)14-10-17(23)20-11-15-18(14)22-9-3-2-4-16(22)21-15/h2-9,14,19H,10-11H2,1H3,(H,20,23)/t14-/m1/s1. The molecule has 0 unspecified atom stereocenters. The molecule has 0 aliphatic carbocycles. The second-order valence-electron chi connectivity index (χ2n) is 6.18. The average Bonchev–Trinajstić information content (AvgIpc) is 2.94. The molecular formula is C18H18N4O3S. The zero-order valence-corrected chi connectivity index (χ0v) is 15.0. The summed E-state index contributed by atoms with van der Waals surface area (Å²) in [6.07, 6.45) is 2.22. The summed E-state index contributed by atoms with van der Waals surface area (Å²) in [4.78, 5) is 17.0. The number of carbonyl (C=O) groups is 1. The fourth-order valence-electron chi connectivity index (χ4n) is 3.37. The summed E-state index contributed by atoms with van der Waals surface area (Å²) in [5, 5.41) is 2.89. The van der Waals surface area contributed by atoms with Crippen molar-refractivity contribution in [3.8, 4) is 0 Å². The molecule has 1 atom stereocenters. The van der Waals surface area contributed by atoms with Crippen molar-refractivity contribution in [2.45, 2.75) is 23.8 Å². The molecule has 1 aliphatic heterocycles. The maximum Gasteiger partial charge on any atom is 0.240 e. The molecular weight excluding hydrogens is 352 g/mol. The molecule has 134 valence electrons. The quantitative estimate of drug-likeness (QED) is 0.729. The van der Waals surface area contributed by atoms with Crippen molar-refractivity contribution in [3.63, 3.8) is 0 Å².